The Labute approximate surface area is 120 Å². The van der Waals surface area contributed by atoms with E-state index >= 15 is 0 Å². The van der Waals surface area contributed by atoms with Crippen LogP contribution in [-0.4, -0.2) is 42.7 Å². The van der Waals surface area contributed by atoms with Gasteiger partial charge < -0.3 is 15.2 Å². The Morgan fingerprint density at radius 3 is 3.05 bits per heavy atom. The summed E-state index contributed by atoms with van der Waals surface area (Å²) in [6, 6.07) is 1.95. The number of rotatable bonds is 8. The maximum absolute atomic E-state index is 5.88. The van der Waals surface area contributed by atoms with Gasteiger partial charge in [0.1, 0.15) is 10.6 Å². The molecular weight excluding hydrogens is 282 g/mol. The van der Waals surface area contributed by atoms with Crippen molar-refractivity contribution in [1.82, 2.24) is 9.97 Å². The Balaban J connectivity index is 1.75. The van der Waals surface area contributed by atoms with Crippen molar-refractivity contribution in [1.29, 1.82) is 0 Å². The number of nitrogens with two attached hydrogens (primary N) is 1. The molecule has 0 bridgehead atoms. The lowest BCUT2D eigenvalue weighted by atomic mass is 10.4. The Hall–Kier alpha value is -0.890. The van der Waals surface area contributed by atoms with Gasteiger partial charge in [0.05, 0.1) is 12.0 Å². The molecule has 0 aliphatic heterocycles. The molecule has 2 aromatic rings. The van der Waals surface area contributed by atoms with Gasteiger partial charge in [0.15, 0.2) is 5.16 Å². The number of hydrogen-bond donors (Lipinski definition) is 1. The van der Waals surface area contributed by atoms with E-state index in [0.717, 1.165) is 35.6 Å². The summed E-state index contributed by atoms with van der Waals surface area (Å²) < 4.78 is 10.4. The van der Waals surface area contributed by atoms with Gasteiger partial charge in [0.25, 0.3) is 0 Å². The van der Waals surface area contributed by atoms with Gasteiger partial charge in [-0.2, -0.15) is 0 Å². The first-order valence-electron chi connectivity index (χ1n) is 6.01. The fourth-order valence-corrected chi connectivity index (χ4v) is 3.05. The molecule has 7 heteroatoms. The van der Waals surface area contributed by atoms with Crippen molar-refractivity contribution in [2.45, 2.75) is 11.6 Å². The summed E-state index contributed by atoms with van der Waals surface area (Å²) in [5.41, 5.74) is 5.88. The normalized spacial score (nSPS) is 11.2. The Morgan fingerprint density at radius 1 is 1.32 bits per heavy atom. The van der Waals surface area contributed by atoms with Gasteiger partial charge in [-0.3, -0.25) is 0 Å². The van der Waals surface area contributed by atoms with E-state index in [9.17, 15) is 0 Å². The van der Waals surface area contributed by atoms with Crippen molar-refractivity contribution in [3.05, 3.63) is 11.4 Å². The number of fused-ring (bicyclic) bond motifs is 1. The van der Waals surface area contributed by atoms with E-state index in [1.165, 1.54) is 0 Å². The molecule has 0 radical (unpaired) electrons. The van der Waals surface area contributed by atoms with Crippen molar-refractivity contribution in [2.24, 2.45) is 0 Å². The molecule has 0 saturated carbocycles. The zero-order valence-electron chi connectivity index (χ0n) is 10.8. The number of nitrogen functional groups attached to an aromatic ring is 1. The van der Waals surface area contributed by atoms with Crippen LogP contribution < -0.4 is 5.73 Å². The zero-order valence-corrected chi connectivity index (χ0v) is 12.4. The number of thiophene rings is 1. The highest BCUT2D eigenvalue weighted by atomic mass is 32.2. The average Bonchev–Trinajstić information content (AvgIpc) is 2.86. The average molecular weight is 299 g/mol. The fraction of sp³-hybridized carbons (Fsp3) is 0.500. The summed E-state index contributed by atoms with van der Waals surface area (Å²) in [6.07, 6.45) is 0.922. The summed E-state index contributed by atoms with van der Waals surface area (Å²) in [7, 11) is 1.69. The standard InChI is InChI=1S/C12H17N3O2S2/c1-16-4-2-5-17-6-8-19-12-14-10(13)9-3-7-18-11(9)15-12/h3,7H,2,4-6,8H2,1H3,(H2,13,14,15). The highest BCUT2D eigenvalue weighted by molar-refractivity contribution is 7.99. The van der Waals surface area contributed by atoms with Gasteiger partial charge >= 0.3 is 0 Å². The van der Waals surface area contributed by atoms with E-state index in [1.54, 1.807) is 30.2 Å². The van der Waals surface area contributed by atoms with Gasteiger partial charge in [-0.15, -0.1) is 11.3 Å². The third-order valence-corrected chi connectivity index (χ3v) is 4.05. The first-order chi connectivity index (χ1) is 9.31. The van der Waals surface area contributed by atoms with Gasteiger partial charge in [0.2, 0.25) is 0 Å². The number of thioether (sulfide) groups is 1. The Bertz CT molecular complexity index is 519. The van der Waals surface area contributed by atoms with Gasteiger partial charge in [-0.1, -0.05) is 11.8 Å². The molecule has 2 heterocycles. The van der Waals surface area contributed by atoms with Crippen molar-refractivity contribution in [2.75, 3.05) is 38.4 Å². The number of ether oxygens (including phenoxy) is 2. The summed E-state index contributed by atoms with van der Waals surface area (Å²) >= 11 is 3.14. The molecule has 0 unspecified atom stereocenters. The second-order valence-electron chi connectivity index (χ2n) is 3.84. The van der Waals surface area contributed by atoms with Crippen LogP contribution in [0, 0.1) is 0 Å². The van der Waals surface area contributed by atoms with Crippen LogP contribution >= 0.6 is 23.1 Å². The maximum atomic E-state index is 5.88. The van der Waals surface area contributed by atoms with Crippen LogP contribution in [0.4, 0.5) is 5.82 Å². The second-order valence-corrected chi connectivity index (χ2v) is 5.79. The number of hydrogen-bond acceptors (Lipinski definition) is 7. The molecule has 0 saturated heterocycles. The van der Waals surface area contributed by atoms with E-state index in [2.05, 4.69) is 9.97 Å². The third kappa shape index (κ3) is 4.31. The van der Waals surface area contributed by atoms with Crippen LogP contribution in [0.2, 0.25) is 0 Å². The minimum Gasteiger partial charge on any atom is -0.385 e. The molecule has 0 aromatic carbocycles. The first kappa shape index (κ1) is 14.5. The van der Waals surface area contributed by atoms with E-state index in [4.69, 9.17) is 15.2 Å². The Kier molecular flexibility index (Phi) is 5.84. The largest absolute Gasteiger partial charge is 0.385 e. The summed E-state index contributed by atoms with van der Waals surface area (Å²) in [4.78, 5) is 9.68. The molecule has 19 heavy (non-hydrogen) atoms. The quantitative estimate of drug-likeness (QED) is 0.458. The van der Waals surface area contributed by atoms with Crippen molar-refractivity contribution in [3.63, 3.8) is 0 Å². The molecule has 0 fully saturated rings. The van der Waals surface area contributed by atoms with Gasteiger partial charge in [0, 0.05) is 26.1 Å². The number of nitrogens with zero attached hydrogens (tertiary/aromatic N) is 2. The minimum atomic E-state index is 0.551. The first-order valence-corrected chi connectivity index (χ1v) is 7.88. The van der Waals surface area contributed by atoms with Crippen molar-refractivity contribution in [3.8, 4) is 0 Å². The molecule has 2 rings (SSSR count). The molecular formula is C12H17N3O2S2. The summed E-state index contributed by atoms with van der Waals surface area (Å²) in [6.45, 7) is 2.14. The van der Waals surface area contributed by atoms with Crippen LogP contribution in [0.5, 0.6) is 0 Å². The van der Waals surface area contributed by atoms with Crippen LogP contribution in [0.15, 0.2) is 16.6 Å². The Morgan fingerprint density at radius 2 is 2.21 bits per heavy atom. The lowest BCUT2D eigenvalue weighted by Gasteiger charge is -2.04. The molecule has 2 N–H and O–H groups in total. The van der Waals surface area contributed by atoms with Gasteiger partial charge in [-0.25, -0.2) is 9.97 Å². The fourth-order valence-electron chi connectivity index (χ4n) is 1.52. The van der Waals surface area contributed by atoms with Crippen LogP contribution in [-0.2, 0) is 9.47 Å². The molecule has 0 aliphatic rings. The second kappa shape index (κ2) is 7.64. The van der Waals surface area contributed by atoms with E-state index in [-0.39, 0.29) is 0 Å². The topological polar surface area (TPSA) is 70.3 Å². The molecule has 0 aliphatic carbocycles. The molecule has 0 spiro atoms. The van der Waals surface area contributed by atoms with E-state index in [1.807, 2.05) is 11.4 Å². The molecule has 0 amide bonds. The predicted octanol–water partition coefficient (Wildman–Crippen LogP) is 2.42. The smallest absolute Gasteiger partial charge is 0.190 e. The monoisotopic (exact) mass is 299 g/mol. The maximum Gasteiger partial charge on any atom is 0.190 e. The lowest BCUT2D eigenvalue weighted by Crippen LogP contribution is -2.03. The van der Waals surface area contributed by atoms with Crippen LogP contribution in [0.25, 0.3) is 10.2 Å². The zero-order chi connectivity index (χ0) is 13.5. The number of methoxy groups -OCH3 is 1. The summed E-state index contributed by atoms with van der Waals surface area (Å²) in [5.74, 6) is 1.37. The highest BCUT2D eigenvalue weighted by Crippen LogP contribution is 2.26. The van der Waals surface area contributed by atoms with Crippen molar-refractivity contribution < 1.29 is 9.47 Å². The number of anilines is 1. The predicted molar refractivity (Wildman–Crippen MR) is 79.9 cm³/mol. The molecule has 2 aromatic heterocycles. The van der Waals surface area contributed by atoms with E-state index in [0.29, 0.717) is 17.6 Å². The highest BCUT2D eigenvalue weighted by Gasteiger charge is 2.06. The SMILES string of the molecule is COCCCOCCSc1nc(N)c2ccsc2n1. The number of aromatic nitrogens is 2. The van der Waals surface area contributed by atoms with Crippen molar-refractivity contribution >= 4 is 39.1 Å². The summed E-state index contributed by atoms with van der Waals surface area (Å²) in [5, 5.41) is 3.63. The molecule has 0 atom stereocenters. The molecule has 5 nitrogen and oxygen atoms in total. The van der Waals surface area contributed by atoms with Crippen LogP contribution in [0.3, 0.4) is 0 Å². The van der Waals surface area contributed by atoms with Gasteiger partial charge in [-0.05, 0) is 17.9 Å². The molecule has 104 valence electrons. The lowest BCUT2D eigenvalue weighted by molar-refractivity contribution is 0.113. The minimum absolute atomic E-state index is 0.551. The van der Waals surface area contributed by atoms with Crippen LogP contribution in [0.1, 0.15) is 6.42 Å². The van der Waals surface area contributed by atoms with E-state index < -0.39 is 0 Å². The third-order valence-electron chi connectivity index (χ3n) is 2.43.